The maximum Gasteiger partial charge on any atom is 0.251 e. The number of carbonyl (C=O) groups excluding carboxylic acids is 1. The van der Waals surface area contributed by atoms with Gasteiger partial charge in [0.15, 0.2) is 0 Å². The zero-order valence-electron chi connectivity index (χ0n) is 9.46. The molecule has 0 aliphatic carbocycles. The monoisotopic (exact) mass is 333 g/mol. The molecule has 1 aromatic rings. The minimum atomic E-state index is -0.0829. The van der Waals surface area contributed by atoms with Crippen LogP contribution >= 0.6 is 22.6 Å². The average Bonchev–Trinajstić information content (AvgIpc) is 2.22. The van der Waals surface area contributed by atoms with Gasteiger partial charge in [0.1, 0.15) is 0 Å². The van der Waals surface area contributed by atoms with E-state index in [1.54, 1.807) is 0 Å². The van der Waals surface area contributed by atoms with E-state index in [-0.39, 0.29) is 18.6 Å². The number of aryl methyl sites for hydroxylation is 1. The number of rotatable bonds is 4. The van der Waals surface area contributed by atoms with Crippen LogP contribution in [-0.2, 0) is 0 Å². The molecule has 0 aliphatic heterocycles. The number of hydrogen-bond donors (Lipinski definition) is 2. The molecule has 0 heterocycles. The van der Waals surface area contributed by atoms with E-state index in [4.69, 9.17) is 5.11 Å². The van der Waals surface area contributed by atoms with Crippen LogP contribution in [0.1, 0.15) is 29.3 Å². The van der Waals surface area contributed by atoms with Crippen molar-refractivity contribution in [1.82, 2.24) is 5.32 Å². The van der Waals surface area contributed by atoms with Crippen molar-refractivity contribution in [2.75, 3.05) is 6.61 Å². The zero-order chi connectivity index (χ0) is 12.1. The quantitative estimate of drug-likeness (QED) is 0.829. The number of aliphatic hydroxyl groups is 1. The van der Waals surface area contributed by atoms with Crippen LogP contribution in [0.15, 0.2) is 18.2 Å². The molecule has 16 heavy (non-hydrogen) atoms. The molecule has 3 nitrogen and oxygen atoms in total. The third kappa shape index (κ3) is 3.75. The smallest absolute Gasteiger partial charge is 0.251 e. The maximum absolute atomic E-state index is 11.8. The maximum atomic E-state index is 11.8. The number of carbonyl (C=O) groups is 1. The molecule has 0 radical (unpaired) electrons. The second-order valence-corrected chi connectivity index (χ2v) is 5.01. The lowest BCUT2D eigenvalue weighted by Crippen LogP contribution is -2.33. The highest BCUT2D eigenvalue weighted by molar-refractivity contribution is 14.1. The van der Waals surface area contributed by atoms with Crippen LogP contribution < -0.4 is 5.32 Å². The molecular formula is C12H16INO2. The van der Waals surface area contributed by atoms with Gasteiger partial charge in [0.2, 0.25) is 0 Å². The van der Waals surface area contributed by atoms with Gasteiger partial charge in [-0.15, -0.1) is 0 Å². The molecule has 1 aromatic carbocycles. The van der Waals surface area contributed by atoms with Crippen LogP contribution in [0.3, 0.4) is 0 Å². The minimum Gasteiger partial charge on any atom is -0.396 e. The Kier molecular flexibility index (Phi) is 5.21. The molecule has 4 heteroatoms. The predicted octanol–water partition coefficient (Wildman–Crippen LogP) is 2.10. The Morgan fingerprint density at radius 3 is 2.81 bits per heavy atom. The number of nitrogens with one attached hydrogen (secondary N) is 1. The van der Waals surface area contributed by atoms with Crippen molar-refractivity contribution in [1.29, 1.82) is 0 Å². The molecule has 2 N–H and O–H groups in total. The van der Waals surface area contributed by atoms with E-state index in [1.807, 2.05) is 32.0 Å². The van der Waals surface area contributed by atoms with Crippen LogP contribution in [0, 0.1) is 10.5 Å². The summed E-state index contributed by atoms with van der Waals surface area (Å²) >= 11 is 2.24. The van der Waals surface area contributed by atoms with Crippen molar-refractivity contribution in [2.45, 2.75) is 26.3 Å². The summed E-state index contributed by atoms with van der Waals surface area (Å²) in [7, 11) is 0. The zero-order valence-corrected chi connectivity index (χ0v) is 11.6. The van der Waals surface area contributed by atoms with E-state index in [9.17, 15) is 4.79 Å². The molecule has 1 amide bonds. The van der Waals surface area contributed by atoms with Crippen molar-refractivity contribution in [3.63, 3.8) is 0 Å². The standard InChI is InChI=1S/C12H16INO2/c1-8-7-10(3-4-11(8)13)12(16)14-9(2)5-6-15/h3-4,7,9,15H,5-6H2,1-2H3,(H,14,16)/t9-/m1/s1. The highest BCUT2D eigenvalue weighted by Gasteiger charge is 2.09. The van der Waals surface area contributed by atoms with Crippen molar-refractivity contribution in [2.24, 2.45) is 0 Å². The van der Waals surface area contributed by atoms with Gasteiger partial charge >= 0.3 is 0 Å². The summed E-state index contributed by atoms with van der Waals surface area (Å²) in [6.45, 7) is 3.95. The summed E-state index contributed by atoms with van der Waals surface area (Å²) in [5, 5.41) is 11.6. The summed E-state index contributed by atoms with van der Waals surface area (Å²) in [5.74, 6) is -0.0829. The molecule has 0 aliphatic rings. The van der Waals surface area contributed by atoms with Gasteiger partial charge in [0, 0.05) is 21.8 Å². The van der Waals surface area contributed by atoms with Gasteiger partial charge in [0.05, 0.1) is 0 Å². The molecular weight excluding hydrogens is 317 g/mol. The Hall–Kier alpha value is -0.620. The van der Waals surface area contributed by atoms with E-state index in [2.05, 4.69) is 27.9 Å². The number of halogens is 1. The fourth-order valence-corrected chi connectivity index (χ4v) is 1.69. The lowest BCUT2D eigenvalue weighted by molar-refractivity contribution is 0.0934. The van der Waals surface area contributed by atoms with E-state index in [0.717, 1.165) is 9.13 Å². The van der Waals surface area contributed by atoms with E-state index >= 15 is 0 Å². The Balaban J connectivity index is 2.69. The molecule has 0 spiro atoms. The first kappa shape index (κ1) is 13.4. The van der Waals surface area contributed by atoms with Gasteiger partial charge in [0.25, 0.3) is 5.91 Å². The molecule has 1 rings (SSSR count). The Labute approximate surface area is 109 Å². The highest BCUT2D eigenvalue weighted by atomic mass is 127. The fraction of sp³-hybridized carbons (Fsp3) is 0.417. The topological polar surface area (TPSA) is 49.3 Å². The van der Waals surface area contributed by atoms with Crippen molar-refractivity contribution in [3.05, 3.63) is 32.9 Å². The number of amides is 1. The first-order chi connectivity index (χ1) is 7.54. The number of benzene rings is 1. The second kappa shape index (κ2) is 6.20. The molecule has 0 bridgehead atoms. The van der Waals surface area contributed by atoms with Crippen molar-refractivity contribution >= 4 is 28.5 Å². The normalized spacial score (nSPS) is 12.2. The Morgan fingerprint density at radius 2 is 2.25 bits per heavy atom. The van der Waals surface area contributed by atoms with Crippen LogP contribution in [-0.4, -0.2) is 23.7 Å². The minimum absolute atomic E-state index is 0.00270. The largest absolute Gasteiger partial charge is 0.396 e. The van der Waals surface area contributed by atoms with Crippen molar-refractivity contribution < 1.29 is 9.90 Å². The Morgan fingerprint density at radius 1 is 1.56 bits per heavy atom. The SMILES string of the molecule is Cc1cc(C(=O)N[C@H](C)CCO)ccc1I. The van der Waals surface area contributed by atoms with Crippen LogP contribution in [0.2, 0.25) is 0 Å². The first-order valence-corrected chi connectivity index (χ1v) is 6.30. The summed E-state index contributed by atoms with van der Waals surface area (Å²) in [6.07, 6.45) is 0.578. The van der Waals surface area contributed by atoms with Crippen LogP contribution in [0.4, 0.5) is 0 Å². The van der Waals surface area contributed by atoms with Gasteiger partial charge in [-0.05, 0) is 66.6 Å². The molecule has 0 saturated heterocycles. The van der Waals surface area contributed by atoms with Crippen LogP contribution in [0.5, 0.6) is 0 Å². The van der Waals surface area contributed by atoms with Crippen LogP contribution in [0.25, 0.3) is 0 Å². The molecule has 1 atom stereocenters. The third-order valence-electron chi connectivity index (χ3n) is 2.36. The van der Waals surface area contributed by atoms with E-state index in [0.29, 0.717) is 12.0 Å². The van der Waals surface area contributed by atoms with Gasteiger partial charge in [-0.1, -0.05) is 0 Å². The number of aliphatic hydroxyl groups excluding tert-OH is 1. The predicted molar refractivity (Wildman–Crippen MR) is 72.5 cm³/mol. The second-order valence-electron chi connectivity index (χ2n) is 3.85. The fourth-order valence-electron chi connectivity index (χ4n) is 1.36. The molecule has 0 unspecified atom stereocenters. The third-order valence-corrected chi connectivity index (χ3v) is 3.57. The molecule has 88 valence electrons. The van der Waals surface area contributed by atoms with Gasteiger partial charge < -0.3 is 10.4 Å². The molecule has 0 saturated carbocycles. The van der Waals surface area contributed by atoms with E-state index < -0.39 is 0 Å². The van der Waals surface area contributed by atoms with Crippen molar-refractivity contribution in [3.8, 4) is 0 Å². The average molecular weight is 333 g/mol. The Bertz CT molecular complexity index is 379. The molecule has 0 aromatic heterocycles. The summed E-state index contributed by atoms with van der Waals surface area (Å²) in [6, 6.07) is 5.62. The van der Waals surface area contributed by atoms with E-state index in [1.165, 1.54) is 0 Å². The summed E-state index contributed by atoms with van der Waals surface area (Å²) < 4.78 is 1.15. The van der Waals surface area contributed by atoms with Gasteiger partial charge in [-0.25, -0.2) is 0 Å². The van der Waals surface area contributed by atoms with Gasteiger partial charge in [-0.2, -0.15) is 0 Å². The lowest BCUT2D eigenvalue weighted by atomic mass is 10.1. The highest BCUT2D eigenvalue weighted by Crippen LogP contribution is 2.13. The molecule has 0 fully saturated rings. The first-order valence-electron chi connectivity index (χ1n) is 5.22. The summed E-state index contributed by atoms with van der Waals surface area (Å²) in [4.78, 5) is 11.8. The lowest BCUT2D eigenvalue weighted by Gasteiger charge is -2.12. The van der Waals surface area contributed by atoms with Gasteiger partial charge in [-0.3, -0.25) is 4.79 Å². The summed E-state index contributed by atoms with van der Waals surface area (Å²) in [5.41, 5.74) is 1.77. The number of hydrogen-bond acceptors (Lipinski definition) is 2.